The third-order valence-corrected chi connectivity index (χ3v) is 5.33. The summed E-state index contributed by atoms with van der Waals surface area (Å²) >= 11 is 6.30. The summed E-state index contributed by atoms with van der Waals surface area (Å²) in [5.74, 6) is -2.64. The van der Waals surface area contributed by atoms with E-state index in [-0.39, 0.29) is 35.0 Å². The molecule has 1 unspecified atom stereocenters. The Kier molecular flexibility index (Phi) is 7.59. The molecule has 0 aliphatic heterocycles. The van der Waals surface area contributed by atoms with Crippen LogP contribution in [0.25, 0.3) is 0 Å². The van der Waals surface area contributed by atoms with Crippen LogP contribution in [0.2, 0.25) is 0 Å². The minimum atomic E-state index is -4.73. The smallest absolute Gasteiger partial charge is 0.419 e. The average Bonchev–Trinajstić information content (AvgIpc) is 2.75. The Bertz CT molecular complexity index is 1200. The SMILES string of the molecule is CC(C)OC(=O)c1ccc(Nc2ccccc2C(=N)OC2=C(C(F)(F)F)C=CCC2(C)Cl)c(F)c1. The molecular weight excluding hydrogens is 488 g/mol. The van der Waals surface area contributed by atoms with Gasteiger partial charge in [0.15, 0.2) is 0 Å². The molecule has 0 heterocycles. The van der Waals surface area contributed by atoms with Gasteiger partial charge in [0.25, 0.3) is 0 Å². The molecule has 0 amide bonds. The van der Waals surface area contributed by atoms with Gasteiger partial charge in [0.05, 0.1) is 34.2 Å². The predicted octanol–water partition coefficient (Wildman–Crippen LogP) is 7.25. The summed E-state index contributed by atoms with van der Waals surface area (Å²) < 4.78 is 65.8. The highest BCUT2D eigenvalue weighted by Gasteiger charge is 2.44. The number of para-hydroxylation sites is 1. The van der Waals surface area contributed by atoms with Crippen LogP contribution in [-0.2, 0) is 9.47 Å². The average molecular weight is 511 g/mol. The number of halogens is 5. The molecule has 2 aromatic carbocycles. The number of carbonyl (C=O) groups excluding carboxylic acids is 1. The van der Waals surface area contributed by atoms with E-state index in [0.717, 1.165) is 12.1 Å². The Morgan fingerprint density at radius 3 is 2.49 bits per heavy atom. The fourth-order valence-electron chi connectivity index (χ4n) is 3.35. The van der Waals surface area contributed by atoms with Gasteiger partial charge < -0.3 is 14.8 Å². The number of nitrogens with one attached hydrogen (secondary N) is 2. The van der Waals surface area contributed by atoms with Gasteiger partial charge in [0, 0.05) is 0 Å². The van der Waals surface area contributed by atoms with E-state index in [1.807, 2.05) is 0 Å². The van der Waals surface area contributed by atoms with Crippen LogP contribution in [0.4, 0.5) is 28.9 Å². The van der Waals surface area contributed by atoms with Crippen LogP contribution >= 0.6 is 11.6 Å². The van der Waals surface area contributed by atoms with Crippen molar-refractivity contribution in [3.05, 3.63) is 82.9 Å². The van der Waals surface area contributed by atoms with E-state index >= 15 is 0 Å². The molecule has 1 atom stereocenters. The van der Waals surface area contributed by atoms with E-state index < -0.39 is 40.1 Å². The summed E-state index contributed by atoms with van der Waals surface area (Å²) in [4.78, 5) is 10.5. The zero-order valence-electron chi connectivity index (χ0n) is 19.1. The maximum Gasteiger partial charge on any atom is 0.419 e. The first-order valence-electron chi connectivity index (χ1n) is 10.6. The highest BCUT2D eigenvalue weighted by atomic mass is 35.5. The number of hydrogen-bond acceptors (Lipinski definition) is 5. The van der Waals surface area contributed by atoms with Crippen molar-refractivity contribution in [2.24, 2.45) is 0 Å². The molecule has 0 saturated heterocycles. The Hall–Kier alpha value is -3.33. The number of carbonyl (C=O) groups is 1. The number of rotatable bonds is 6. The van der Waals surface area contributed by atoms with Gasteiger partial charge in [-0.3, -0.25) is 5.41 Å². The van der Waals surface area contributed by atoms with Crippen LogP contribution in [0.5, 0.6) is 0 Å². The van der Waals surface area contributed by atoms with E-state index in [9.17, 15) is 22.4 Å². The number of ether oxygens (including phenoxy) is 2. The first-order chi connectivity index (χ1) is 16.3. The normalized spacial score (nSPS) is 18.0. The second-order valence-electron chi connectivity index (χ2n) is 8.29. The van der Waals surface area contributed by atoms with Gasteiger partial charge in [0.1, 0.15) is 16.5 Å². The van der Waals surface area contributed by atoms with Gasteiger partial charge in [-0.05, 0) is 57.5 Å². The number of esters is 1. The maximum absolute atomic E-state index is 14.7. The quantitative estimate of drug-likeness (QED) is 0.141. The first kappa shape index (κ1) is 26.3. The van der Waals surface area contributed by atoms with Crippen molar-refractivity contribution in [1.29, 1.82) is 5.41 Å². The highest BCUT2D eigenvalue weighted by Crippen LogP contribution is 2.42. The molecule has 0 fully saturated rings. The van der Waals surface area contributed by atoms with Crippen molar-refractivity contribution in [3.8, 4) is 0 Å². The van der Waals surface area contributed by atoms with Crippen molar-refractivity contribution in [3.63, 3.8) is 0 Å². The van der Waals surface area contributed by atoms with Crippen LogP contribution < -0.4 is 5.32 Å². The zero-order valence-corrected chi connectivity index (χ0v) is 19.9. The maximum atomic E-state index is 14.7. The molecule has 1 aliphatic carbocycles. The molecule has 3 rings (SSSR count). The lowest BCUT2D eigenvalue weighted by atomic mass is 9.94. The van der Waals surface area contributed by atoms with Crippen LogP contribution in [0.3, 0.4) is 0 Å². The van der Waals surface area contributed by atoms with Gasteiger partial charge in [-0.1, -0.05) is 24.3 Å². The summed E-state index contributed by atoms with van der Waals surface area (Å²) in [5, 5.41) is 11.1. The second kappa shape index (κ2) is 10.1. The number of hydrogen-bond donors (Lipinski definition) is 2. The second-order valence-corrected chi connectivity index (χ2v) is 9.13. The van der Waals surface area contributed by atoms with E-state index in [4.69, 9.17) is 26.5 Å². The monoisotopic (exact) mass is 510 g/mol. The zero-order chi connectivity index (χ0) is 26.0. The van der Waals surface area contributed by atoms with Gasteiger partial charge in [0.2, 0.25) is 5.90 Å². The largest absolute Gasteiger partial charge is 0.459 e. The predicted molar refractivity (Wildman–Crippen MR) is 126 cm³/mol. The summed E-state index contributed by atoms with van der Waals surface area (Å²) in [6, 6.07) is 9.79. The van der Waals surface area contributed by atoms with E-state index in [1.54, 1.807) is 26.0 Å². The van der Waals surface area contributed by atoms with Gasteiger partial charge in [-0.2, -0.15) is 13.2 Å². The molecule has 0 bridgehead atoms. The van der Waals surface area contributed by atoms with E-state index in [0.29, 0.717) is 0 Å². The summed E-state index contributed by atoms with van der Waals surface area (Å²) in [6.07, 6.45) is -2.86. The van der Waals surface area contributed by atoms with Gasteiger partial charge >= 0.3 is 12.1 Å². The van der Waals surface area contributed by atoms with Crippen LogP contribution in [0.1, 0.15) is 43.1 Å². The molecule has 186 valence electrons. The lowest BCUT2D eigenvalue weighted by molar-refractivity contribution is -0.0915. The van der Waals surface area contributed by atoms with Gasteiger partial charge in [-0.25, -0.2) is 9.18 Å². The third kappa shape index (κ3) is 6.22. The fraction of sp³-hybridized carbons (Fsp3) is 0.280. The molecule has 0 spiro atoms. The third-order valence-electron chi connectivity index (χ3n) is 5.00. The van der Waals surface area contributed by atoms with Crippen molar-refractivity contribution >= 4 is 34.8 Å². The molecule has 0 radical (unpaired) electrons. The van der Waals surface area contributed by atoms with E-state index in [2.05, 4.69) is 5.32 Å². The minimum absolute atomic E-state index is 0.0180. The lowest BCUT2D eigenvalue weighted by Crippen LogP contribution is -2.31. The number of allylic oxidation sites excluding steroid dienone is 4. The van der Waals surface area contributed by atoms with E-state index in [1.165, 1.54) is 37.3 Å². The molecule has 2 aromatic rings. The molecule has 35 heavy (non-hydrogen) atoms. The molecule has 1 aliphatic rings. The first-order valence-corrected chi connectivity index (χ1v) is 11.0. The lowest BCUT2D eigenvalue weighted by Gasteiger charge is -2.30. The Morgan fingerprint density at radius 2 is 1.86 bits per heavy atom. The highest BCUT2D eigenvalue weighted by molar-refractivity contribution is 6.26. The number of benzene rings is 2. The van der Waals surface area contributed by atoms with Gasteiger partial charge in [-0.15, -0.1) is 11.6 Å². The van der Waals surface area contributed by atoms with Crippen molar-refractivity contribution < 1.29 is 31.8 Å². The molecule has 0 saturated carbocycles. The number of anilines is 2. The molecular formula is C25H23ClF4N2O3. The van der Waals surface area contributed by atoms with Crippen molar-refractivity contribution in [2.45, 2.75) is 44.3 Å². The summed E-state index contributed by atoms with van der Waals surface area (Å²) in [5.41, 5.74) is -0.808. The van der Waals surface area contributed by atoms with Crippen molar-refractivity contribution in [2.75, 3.05) is 5.32 Å². The molecule has 2 N–H and O–H groups in total. The Balaban J connectivity index is 1.90. The standard InChI is InChI=1S/C25H23ClF4N2O3/c1-14(2)34-23(33)15-10-11-20(18(27)13-15)32-19-9-5-4-7-16(19)22(31)35-21-17(25(28,29)30)8-6-12-24(21,3)26/h4-11,13-14,31-32H,12H2,1-3H3. The molecule has 10 heteroatoms. The summed E-state index contributed by atoms with van der Waals surface area (Å²) in [7, 11) is 0. The summed E-state index contributed by atoms with van der Waals surface area (Å²) in [6.45, 7) is 4.71. The number of alkyl halides is 4. The Labute approximate surface area is 204 Å². The van der Waals surface area contributed by atoms with Crippen LogP contribution in [0, 0.1) is 11.2 Å². The topological polar surface area (TPSA) is 71.4 Å². The Morgan fingerprint density at radius 1 is 1.17 bits per heavy atom. The van der Waals surface area contributed by atoms with Crippen LogP contribution in [0.15, 0.2) is 65.9 Å². The fourth-order valence-corrected chi connectivity index (χ4v) is 3.58. The van der Waals surface area contributed by atoms with Crippen molar-refractivity contribution in [1.82, 2.24) is 0 Å². The molecule has 5 nitrogen and oxygen atoms in total. The van der Waals surface area contributed by atoms with Crippen LogP contribution in [-0.4, -0.2) is 29.0 Å². The molecule has 0 aromatic heterocycles. The minimum Gasteiger partial charge on any atom is -0.459 e.